The molecule has 0 aliphatic rings. The van der Waals surface area contributed by atoms with Gasteiger partial charge in [0.05, 0.1) is 33.8 Å². The molecule has 0 aliphatic carbocycles. The van der Waals surface area contributed by atoms with Crippen LogP contribution in [-0.2, 0) is 12.4 Å². The van der Waals surface area contributed by atoms with E-state index >= 15 is 0 Å². The molecule has 5 nitrogen and oxygen atoms in total. The van der Waals surface area contributed by atoms with E-state index in [1.807, 2.05) is 0 Å². The second kappa shape index (κ2) is 10.5. The van der Waals surface area contributed by atoms with Gasteiger partial charge in [0.25, 0.3) is 6.43 Å². The highest BCUT2D eigenvalue weighted by atomic mass is 35.5. The van der Waals surface area contributed by atoms with E-state index < -0.39 is 59.5 Å². The van der Waals surface area contributed by atoms with Gasteiger partial charge in [-0.2, -0.15) is 26.3 Å². The van der Waals surface area contributed by atoms with Gasteiger partial charge in [-0.15, -0.1) is 0 Å². The highest BCUT2D eigenvalue weighted by molar-refractivity contribution is 6.33. The number of benzene rings is 2. The van der Waals surface area contributed by atoms with Crippen LogP contribution in [0, 0.1) is 0 Å². The number of carboxylic acid groups (broad SMARTS) is 2. The zero-order valence-electron chi connectivity index (χ0n) is 15.4. The van der Waals surface area contributed by atoms with Gasteiger partial charge in [0.15, 0.2) is 0 Å². The van der Waals surface area contributed by atoms with Gasteiger partial charge in [0.1, 0.15) is 0 Å². The lowest BCUT2D eigenvalue weighted by Crippen LogP contribution is -2.15. The van der Waals surface area contributed by atoms with Gasteiger partial charge in [-0.25, -0.2) is 18.4 Å². The van der Waals surface area contributed by atoms with E-state index in [-0.39, 0.29) is 10.7 Å². The number of hydrogen-bond donors (Lipinski definition) is 3. The van der Waals surface area contributed by atoms with Crippen LogP contribution in [0.15, 0.2) is 36.4 Å². The summed E-state index contributed by atoms with van der Waals surface area (Å²) in [5.41, 5.74) is -3.72. The van der Waals surface area contributed by atoms with E-state index in [0.717, 1.165) is 18.2 Å². The molecular weight excluding hydrogens is 482 g/mol. The molecule has 0 saturated heterocycles. The molecule has 2 rings (SSSR count). The second-order valence-electron chi connectivity index (χ2n) is 5.83. The summed E-state index contributed by atoms with van der Waals surface area (Å²) in [5.74, 6) is -3.11. The maximum Gasteiger partial charge on any atom is 0.416 e. The molecule has 0 amide bonds. The maximum absolute atomic E-state index is 12.3. The Labute approximate surface area is 179 Å². The fourth-order valence-electron chi connectivity index (χ4n) is 2.10. The summed E-state index contributed by atoms with van der Waals surface area (Å²) in [4.78, 5) is 21.2. The number of alkyl halides is 8. The van der Waals surface area contributed by atoms with Crippen LogP contribution in [0.25, 0.3) is 0 Å². The van der Waals surface area contributed by atoms with E-state index in [2.05, 4.69) is 5.32 Å². The molecule has 0 atom stereocenters. The van der Waals surface area contributed by atoms with Crippen molar-refractivity contribution in [2.75, 3.05) is 11.9 Å². The van der Waals surface area contributed by atoms with Crippen molar-refractivity contribution in [3.05, 3.63) is 63.7 Å². The Bertz CT molecular complexity index is 976. The van der Waals surface area contributed by atoms with Crippen LogP contribution in [0.4, 0.5) is 40.8 Å². The zero-order valence-corrected chi connectivity index (χ0v) is 16.1. The molecule has 0 aliphatic heterocycles. The first-order valence-corrected chi connectivity index (χ1v) is 8.48. The van der Waals surface area contributed by atoms with Gasteiger partial charge < -0.3 is 15.5 Å². The van der Waals surface area contributed by atoms with E-state index in [9.17, 15) is 44.7 Å². The maximum atomic E-state index is 12.3. The Morgan fingerprint density at radius 2 is 1.28 bits per heavy atom. The van der Waals surface area contributed by atoms with Gasteiger partial charge >= 0.3 is 24.3 Å². The molecule has 0 heterocycles. The first-order chi connectivity index (χ1) is 14.5. The summed E-state index contributed by atoms with van der Waals surface area (Å²) in [6.45, 7) is -0.842. The zero-order chi connectivity index (χ0) is 24.9. The predicted octanol–water partition coefficient (Wildman–Crippen LogP) is 6.14. The molecular formula is C18H12ClF8NO4. The fourth-order valence-corrected chi connectivity index (χ4v) is 2.30. The van der Waals surface area contributed by atoms with Crippen LogP contribution in [0.3, 0.4) is 0 Å². The molecule has 32 heavy (non-hydrogen) atoms. The summed E-state index contributed by atoms with van der Waals surface area (Å²) >= 11 is 5.39. The first-order valence-electron chi connectivity index (χ1n) is 8.10. The van der Waals surface area contributed by atoms with Gasteiger partial charge in [-0.1, -0.05) is 11.6 Å². The quantitative estimate of drug-likeness (QED) is 0.436. The lowest BCUT2D eigenvalue weighted by molar-refractivity contribution is -0.138. The summed E-state index contributed by atoms with van der Waals surface area (Å²) in [6, 6.07) is 3.98. The minimum atomic E-state index is -4.69. The molecule has 0 spiro atoms. The van der Waals surface area contributed by atoms with Crippen LogP contribution in [0.1, 0.15) is 31.8 Å². The fraction of sp³-hybridized carbons (Fsp3) is 0.222. The third-order valence-corrected chi connectivity index (χ3v) is 3.88. The summed E-state index contributed by atoms with van der Waals surface area (Å²) < 4.78 is 97.3. The Morgan fingerprint density at radius 3 is 1.69 bits per heavy atom. The number of hydrogen-bond acceptors (Lipinski definition) is 3. The monoisotopic (exact) mass is 493 g/mol. The summed E-state index contributed by atoms with van der Waals surface area (Å²) in [5, 5.41) is 19.1. The molecule has 14 heteroatoms. The van der Waals surface area contributed by atoms with Crippen molar-refractivity contribution in [1.29, 1.82) is 0 Å². The molecule has 2 aromatic rings. The highest BCUT2D eigenvalue weighted by Gasteiger charge is 2.32. The Morgan fingerprint density at radius 1 is 0.844 bits per heavy atom. The van der Waals surface area contributed by atoms with Gasteiger partial charge in [0, 0.05) is 5.69 Å². The number of carbonyl (C=O) groups is 2. The van der Waals surface area contributed by atoms with Crippen molar-refractivity contribution in [3.8, 4) is 0 Å². The van der Waals surface area contributed by atoms with E-state index in [1.54, 1.807) is 0 Å². The van der Waals surface area contributed by atoms with Crippen molar-refractivity contribution in [3.63, 3.8) is 0 Å². The molecule has 3 N–H and O–H groups in total. The lowest BCUT2D eigenvalue weighted by atomic mass is 10.1. The number of rotatable bonds is 5. The van der Waals surface area contributed by atoms with Crippen LogP contribution in [0.5, 0.6) is 0 Å². The molecule has 2 aromatic carbocycles. The Kier molecular flexibility index (Phi) is 8.83. The number of carboxylic acids is 2. The highest BCUT2D eigenvalue weighted by Crippen LogP contribution is 2.32. The molecule has 0 aromatic heterocycles. The smallest absolute Gasteiger partial charge is 0.416 e. The van der Waals surface area contributed by atoms with Gasteiger partial charge in [-0.05, 0) is 36.4 Å². The summed E-state index contributed by atoms with van der Waals surface area (Å²) in [7, 11) is 0. The van der Waals surface area contributed by atoms with Crippen molar-refractivity contribution < 1.29 is 54.9 Å². The van der Waals surface area contributed by atoms with Crippen molar-refractivity contribution in [1.82, 2.24) is 0 Å². The van der Waals surface area contributed by atoms with Crippen LogP contribution >= 0.6 is 11.6 Å². The number of nitrogens with one attached hydrogen (secondary N) is 1. The van der Waals surface area contributed by atoms with E-state index in [4.69, 9.17) is 21.8 Å². The number of anilines is 1. The van der Waals surface area contributed by atoms with Crippen molar-refractivity contribution in [2.45, 2.75) is 18.8 Å². The largest absolute Gasteiger partial charge is 0.478 e. The summed E-state index contributed by atoms with van der Waals surface area (Å²) in [6.07, 6.45) is -12.0. The number of aromatic carboxylic acids is 2. The first kappa shape index (κ1) is 26.9. The Balaban J connectivity index is 0.000000330. The third-order valence-electron chi connectivity index (χ3n) is 3.55. The van der Waals surface area contributed by atoms with Crippen LogP contribution < -0.4 is 5.32 Å². The number of halogens is 9. The van der Waals surface area contributed by atoms with Crippen LogP contribution in [-0.4, -0.2) is 35.1 Å². The topological polar surface area (TPSA) is 86.6 Å². The minimum absolute atomic E-state index is 0.217. The molecule has 0 bridgehead atoms. The SMILES string of the molecule is O=C(O)c1cc(C(F)(F)F)ccc1Cl.O=C(O)c1cc(C(F)(F)F)ccc1NCC(F)F. The second-order valence-corrected chi connectivity index (χ2v) is 6.24. The van der Waals surface area contributed by atoms with E-state index in [0.29, 0.717) is 18.2 Å². The minimum Gasteiger partial charge on any atom is -0.478 e. The molecule has 0 fully saturated rings. The normalized spacial score (nSPS) is 11.6. The lowest BCUT2D eigenvalue weighted by Gasteiger charge is -2.12. The Hall–Kier alpha value is -3.09. The standard InChI is InChI=1S/C10H8F5NO2.C8H4ClF3O2/c11-8(12)4-16-7-2-1-5(10(13,14)15)3-6(7)9(17)18;9-6-2-1-4(8(10,11)12)3-5(6)7(13)14/h1-3,8,16H,4H2,(H,17,18);1-3H,(H,13,14). The molecule has 0 saturated carbocycles. The third kappa shape index (κ3) is 7.87. The van der Waals surface area contributed by atoms with Gasteiger partial charge in [0.2, 0.25) is 0 Å². The predicted molar refractivity (Wildman–Crippen MR) is 96.3 cm³/mol. The van der Waals surface area contributed by atoms with Crippen molar-refractivity contribution in [2.24, 2.45) is 0 Å². The average molecular weight is 494 g/mol. The molecule has 0 unspecified atom stereocenters. The van der Waals surface area contributed by atoms with Crippen LogP contribution in [0.2, 0.25) is 5.02 Å². The molecule has 176 valence electrons. The average Bonchev–Trinajstić information content (AvgIpc) is 2.65. The van der Waals surface area contributed by atoms with Gasteiger partial charge in [-0.3, -0.25) is 0 Å². The molecule has 0 radical (unpaired) electrons. The van der Waals surface area contributed by atoms with E-state index in [1.165, 1.54) is 0 Å². The van der Waals surface area contributed by atoms with Crippen molar-refractivity contribution >= 4 is 29.2 Å².